The number of ether oxygens (including phenoxy) is 3. The number of hydrogen-bond donors (Lipinski definition) is 1. The Morgan fingerprint density at radius 3 is 2.67 bits per heavy atom. The van der Waals surface area contributed by atoms with Gasteiger partial charge in [0.1, 0.15) is 11.5 Å². The van der Waals surface area contributed by atoms with Crippen LogP contribution in [0.25, 0.3) is 16.2 Å². The number of carbonyl (C=O) groups is 1. The molecule has 1 saturated heterocycles. The van der Waals surface area contributed by atoms with Crippen molar-refractivity contribution in [3.63, 3.8) is 0 Å². The molecule has 2 amide bonds. The summed E-state index contributed by atoms with van der Waals surface area (Å²) in [6.45, 7) is 1.42. The van der Waals surface area contributed by atoms with Gasteiger partial charge in [-0.25, -0.2) is 9.78 Å². The zero-order valence-electron chi connectivity index (χ0n) is 22.0. The lowest BCUT2D eigenvalue weighted by Gasteiger charge is -2.26. The van der Waals surface area contributed by atoms with E-state index in [1.807, 2.05) is 34.2 Å². The second-order valence-corrected chi connectivity index (χ2v) is 10.2. The number of nitrogens with one attached hydrogen (secondary N) is 1. The number of urea groups is 1. The number of alkyl halides is 3. The van der Waals surface area contributed by atoms with Gasteiger partial charge in [-0.05, 0) is 55.3 Å². The Labute approximate surface area is 233 Å². The number of anilines is 1. The first-order chi connectivity index (χ1) is 19.2. The molecule has 0 bridgehead atoms. The van der Waals surface area contributed by atoms with E-state index in [1.54, 1.807) is 19.1 Å². The highest BCUT2D eigenvalue weighted by Gasteiger charge is 2.30. The van der Waals surface area contributed by atoms with Crippen molar-refractivity contribution in [1.82, 2.24) is 14.3 Å². The van der Waals surface area contributed by atoms with Gasteiger partial charge < -0.3 is 24.4 Å². The molecule has 0 saturated carbocycles. The summed E-state index contributed by atoms with van der Waals surface area (Å²) in [5, 5.41) is 4.74. The van der Waals surface area contributed by atoms with E-state index in [4.69, 9.17) is 19.2 Å². The van der Waals surface area contributed by atoms with Crippen LogP contribution in [0.5, 0.6) is 11.5 Å². The summed E-state index contributed by atoms with van der Waals surface area (Å²) in [4.78, 5) is 20.4. The van der Waals surface area contributed by atoms with Crippen LogP contribution in [0.2, 0.25) is 0 Å². The molecule has 1 unspecified atom stereocenters. The Balaban J connectivity index is 1.33. The molecule has 1 fully saturated rings. The fourth-order valence-electron chi connectivity index (χ4n) is 4.66. The standard InChI is InChI=1S/C28H29F3N4O4S/c1-37-21-9-10-25(38-2)23(14-21)24-16-35-20(17-40-27(35)33-24)11-12-34(15-22-4-3-13-39-22)26(36)32-19-7-5-18(6-8-19)28(29,30)31/h5-10,14,16-17,22H,3-4,11-13,15H2,1-2H3,(H,32,36). The number of amides is 2. The molecule has 40 heavy (non-hydrogen) atoms. The smallest absolute Gasteiger partial charge is 0.416 e. The van der Waals surface area contributed by atoms with Crippen LogP contribution >= 0.6 is 11.3 Å². The first-order valence-electron chi connectivity index (χ1n) is 12.8. The summed E-state index contributed by atoms with van der Waals surface area (Å²) in [7, 11) is 3.21. The Morgan fingerprint density at radius 1 is 1.20 bits per heavy atom. The highest BCUT2D eigenvalue weighted by molar-refractivity contribution is 7.15. The normalized spacial score (nSPS) is 15.4. The molecule has 1 aliphatic heterocycles. The number of rotatable bonds is 9. The molecule has 8 nitrogen and oxygen atoms in total. The maximum absolute atomic E-state index is 13.2. The number of hydrogen-bond acceptors (Lipinski definition) is 6. The second-order valence-electron chi connectivity index (χ2n) is 9.41. The summed E-state index contributed by atoms with van der Waals surface area (Å²) in [6.07, 6.45) is -0.272. The van der Waals surface area contributed by atoms with E-state index in [1.165, 1.54) is 23.5 Å². The second kappa shape index (κ2) is 11.8. The number of imidazole rings is 1. The van der Waals surface area contributed by atoms with Crippen LogP contribution in [0, 0.1) is 0 Å². The van der Waals surface area contributed by atoms with Crippen molar-refractivity contribution in [1.29, 1.82) is 0 Å². The van der Waals surface area contributed by atoms with E-state index in [0.717, 1.165) is 46.9 Å². The van der Waals surface area contributed by atoms with Crippen molar-refractivity contribution in [2.24, 2.45) is 0 Å². The molecule has 0 spiro atoms. The van der Waals surface area contributed by atoms with Crippen LogP contribution in [0.15, 0.2) is 54.0 Å². The summed E-state index contributed by atoms with van der Waals surface area (Å²) in [5.41, 5.74) is 2.04. The molecule has 212 valence electrons. The third kappa shape index (κ3) is 6.18. The van der Waals surface area contributed by atoms with Gasteiger partial charge in [0, 0.05) is 54.6 Å². The maximum atomic E-state index is 13.2. The molecule has 1 atom stereocenters. The topological polar surface area (TPSA) is 77.3 Å². The molecule has 2 aromatic carbocycles. The molecular formula is C28H29F3N4O4S. The molecule has 2 aromatic heterocycles. The van der Waals surface area contributed by atoms with Gasteiger partial charge in [-0.3, -0.25) is 4.40 Å². The molecular weight excluding hydrogens is 545 g/mol. The van der Waals surface area contributed by atoms with Crippen molar-refractivity contribution in [2.75, 3.05) is 39.2 Å². The summed E-state index contributed by atoms with van der Waals surface area (Å²) in [5.74, 6) is 1.37. The average molecular weight is 575 g/mol. The van der Waals surface area contributed by atoms with Crippen LogP contribution in [0.3, 0.4) is 0 Å². The van der Waals surface area contributed by atoms with Crippen molar-refractivity contribution in [2.45, 2.75) is 31.5 Å². The number of thiazole rings is 1. The quantitative estimate of drug-likeness (QED) is 0.252. The lowest BCUT2D eigenvalue weighted by Crippen LogP contribution is -2.41. The van der Waals surface area contributed by atoms with E-state index in [-0.39, 0.29) is 6.10 Å². The predicted octanol–water partition coefficient (Wildman–Crippen LogP) is 6.35. The molecule has 5 rings (SSSR count). The first-order valence-corrected chi connectivity index (χ1v) is 13.7. The Bertz CT molecular complexity index is 1460. The Morgan fingerprint density at radius 2 is 2.00 bits per heavy atom. The number of nitrogens with zero attached hydrogens (tertiary/aromatic N) is 3. The Kier molecular flexibility index (Phi) is 8.17. The van der Waals surface area contributed by atoms with Gasteiger partial charge in [0.15, 0.2) is 4.96 Å². The monoisotopic (exact) mass is 574 g/mol. The zero-order chi connectivity index (χ0) is 28.3. The van der Waals surface area contributed by atoms with Gasteiger partial charge >= 0.3 is 12.2 Å². The van der Waals surface area contributed by atoms with Crippen molar-refractivity contribution in [3.05, 3.63) is 65.3 Å². The molecule has 0 aliphatic carbocycles. The van der Waals surface area contributed by atoms with Crippen molar-refractivity contribution in [3.8, 4) is 22.8 Å². The Hall–Kier alpha value is -3.77. The van der Waals surface area contributed by atoms with Crippen LogP contribution in [-0.4, -0.2) is 60.3 Å². The minimum atomic E-state index is -4.44. The van der Waals surface area contributed by atoms with Crippen molar-refractivity contribution < 1.29 is 32.2 Å². The van der Waals surface area contributed by atoms with E-state index >= 15 is 0 Å². The average Bonchev–Trinajstić information content (AvgIpc) is 3.69. The minimum absolute atomic E-state index is 0.0822. The lowest BCUT2D eigenvalue weighted by atomic mass is 10.1. The minimum Gasteiger partial charge on any atom is -0.497 e. The molecule has 3 heterocycles. The lowest BCUT2D eigenvalue weighted by molar-refractivity contribution is -0.137. The number of carbonyl (C=O) groups excluding carboxylic acids is 1. The third-order valence-electron chi connectivity index (χ3n) is 6.80. The van der Waals surface area contributed by atoms with Crippen molar-refractivity contribution >= 4 is 28.0 Å². The fraction of sp³-hybridized carbons (Fsp3) is 0.357. The van der Waals surface area contributed by atoms with Crippen LogP contribution in [0.4, 0.5) is 23.7 Å². The summed E-state index contributed by atoms with van der Waals surface area (Å²) < 4.78 is 57.4. The molecule has 4 aromatic rings. The third-order valence-corrected chi connectivity index (χ3v) is 7.69. The fourth-order valence-corrected chi connectivity index (χ4v) is 5.56. The maximum Gasteiger partial charge on any atom is 0.416 e. The van der Waals surface area contributed by atoms with Gasteiger partial charge in [-0.1, -0.05) is 0 Å². The molecule has 1 aliphatic rings. The highest BCUT2D eigenvalue weighted by atomic mass is 32.1. The van der Waals surface area contributed by atoms with Crippen LogP contribution in [0.1, 0.15) is 24.1 Å². The number of benzene rings is 2. The van der Waals surface area contributed by atoms with Gasteiger partial charge in [0.2, 0.25) is 0 Å². The van der Waals surface area contributed by atoms with Gasteiger partial charge in [0.25, 0.3) is 0 Å². The molecule has 0 radical (unpaired) electrons. The number of methoxy groups -OCH3 is 2. The summed E-state index contributed by atoms with van der Waals surface area (Å²) in [6, 6.07) is 9.56. The van der Waals surface area contributed by atoms with E-state index in [9.17, 15) is 18.0 Å². The SMILES string of the molecule is COc1ccc(OC)c(-c2cn3c(CCN(CC4CCCO4)C(=O)Nc4ccc(C(F)(F)F)cc4)csc3n2)c1. The zero-order valence-corrected chi connectivity index (χ0v) is 22.8. The number of fused-ring (bicyclic) bond motifs is 1. The van der Waals surface area contributed by atoms with E-state index in [0.29, 0.717) is 43.3 Å². The van der Waals surface area contributed by atoms with Gasteiger partial charge in [0.05, 0.1) is 31.6 Å². The van der Waals surface area contributed by atoms with E-state index in [2.05, 4.69) is 5.32 Å². The van der Waals surface area contributed by atoms with Crippen LogP contribution < -0.4 is 14.8 Å². The highest BCUT2D eigenvalue weighted by Crippen LogP contribution is 2.34. The van der Waals surface area contributed by atoms with E-state index < -0.39 is 17.8 Å². The number of aromatic nitrogens is 2. The summed E-state index contributed by atoms with van der Waals surface area (Å²) >= 11 is 1.50. The van der Waals surface area contributed by atoms with Gasteiger partial charge in [-0.2, -0.15) is 13.2 Å². The predicted molar refractivity (Wildman–Crippen MR) is 146 cm³/mol. The first kappa shape index (κ1) is 27.8. The van der Waals surface area contributed by atoms with Gasteiger partial charge in [-0.15, -0.1) is 11.3 Å². The number of halogens is 3. The molecule has 1 N–H and O–H groups in total. The largest absolute Gasteiger partial charge is 0.497 e. The van der Waals surface area contributed by atoms with Crippen LogP contribution in [-0.2, 0) is 17.3 Å². The molecule has 12 heteroatoms.